The van der Waals surface area contributed by atoms with Crippen LogP contribution in [0.15, 0.2) is 0 Å². The molecule has 0 saturated carbocycles. The van der Waals surface area contributed by atoms with Crippen molar-refractivity contribution >= 4 is 0 Å². The first-order valence-electron chi connectivity index (χ1n) is 11.0. The summed E-state index contributed by atoms with van der Waals surface area (Å²) in [6, 6.07) is 0. The predicted octanol–water partition coefficient (Wildman–Crippen LogP) is 7.56. The van der Waals surface area contributed by atoms with E-state index in [9.17, 15) is 124 Å². The maximum absolute atomic E-state index is 13.7. The summed E-state index contributed by atoms with van der Waals surface area (Å²) in [5, 5.41) is 19.5. The molecule has 0 aromatic carbocycles. The SMILES string of the molecule is OC(CNCC(O)CC(F)(F)C(F)(F)C(F)(F)C(F)(F)C(F)(F)C(F)(F)F)CC(F)(F)C(F)(F)C(F)(F)C(F)(F)C(F)(F)C(F)(F)F. The van der Waals surface area contributed by atoms with Crippen molar-refractivity contribution in [3.63, 3.8) is 0 Å². The number of nitrogens with one attached hydrogen (secondary N) is 1. The predicted molar refractivity (Wildman–Crippen MR) is 95.7 cm³/mol. The molecule has 0 aliphatic rings. The van der Waals surface area contributed by atoms with Crippen LogP contribution < -0.4 is 5.32 Å². The van der Waals surface area contributed by atoms with Gasteiger partial charge in [0.2, 0.25) is 0 Å². The molecule has 2 unspecified atom stereocenters. The monoisotopic (exact) mass is 769 g/mol. The molecule has 0 saturated heterocycles. The van der Waals surface area contributed by atoms with Crippen LogP contribution in [-0.2, 0) is 0 Å². The summed E-state index contributed by atoms with van der Waals surface area (Å²) in [6.45, 7) is -4.03. The third kappa shape index (κ3) is 7.20. The van der Waals surface area contributed by atoms with Crippen molar-refractivity contribution in [1.29, 1.82) is 0 Å². The zero-order chi connectivity index (χ0) is 38.7. The second-order valence-electron chi connectivity index (χ2n) is 9.37. The van der Waals surface area contributed by atoms with Crippen molar-refractivity contribution in [2.45, 2.75) is 96.6 Å². The minimum atomic E-state index is -8.32. The van der Waals surface area contributed by atoms with E-state index in [0.717, 1.165) is 5.32 Å². The highest BCUT2D eigenvalue weighted by Gasteiger charge is 2.92. The molecule has 0 bridgehead atoms. The van der Waals surface area contributed by atoms with Crippen molar-refractivity contribution in [1.82, 2.24) is 5.32 Å². The lowest BCUT2D eigenvalue weighted by Crippen LogP contribution is -2.70. The second kappa shape index (κ2) is 12.4. The van der Waals surface area contributed by atoms with Gasteiger partial charge >= 0.3 is 71.6 Å². The molecule has 2 atom stereocenters. The van der Waals surface area contributed by atoms with Crippen LogP contribution in [0.2, 0.25) is 0 Å². The third-order valence-electron chi connectivity index (χ3n) is 5.74. The van der Waals surface area contributed by atoms with Gasteiger partial charge in [-0.25, -0.2) is 0 Å². The zero-order valence-corrected chi connectivity index (χ0v) is 21.2. The molecule has 284 valence electrons. The summed E-state index contributed by atoms with van der Waals surface area (Å²) in [4.78, 5) is 0. The van der Waals surface area contributed by atoms with E-state index in [0.29, 0.717) is 0 Å². The summed E-state index contributed by atoms with van der Waals surface area (Å²) in [7, 11) is 0. The molecule has 3 N–H and O–H groups in total. The Kier molecular flexibility index (Phi) is 11.9. The minimum Gasteiger partial charge on any atom is -0.392 e. The Balaban J connectivity index is 5.78. The lowest BCUT2D eigenvalue weighted by Gasteiger charge is -2.40. The first-order chi connectivity index (χ1) is 20.0. The molecule has 0 aromatic rings. The van der Waals surface area contributed by atoms with Gasteiger partial charge in [0, 0.05) is 25.9 Å². The Hall–Kier alpha value is -1.94. The van der Waals surface area contributed by atoms with Gasteiger partial charge in [-0.2, -0.15) is 114 Å². The van der Waals surface area contributed by atoms with Crippen molar-refractivity contribution in [2.24, 2.45) is 0 Å². The highest BCUT2D eigenvalue weighted by atomic mass is 19.4. The molecular formula is C18H13F26NO2. The maximum atomic E-state index is 13.7. The molecule has 3 nitrogen and oxygen atoms in total. The molecule has 0 radical (unpaired) electrons. The van der Waals surface area contributed by atoms with Gasteiger partial charge in [0.25, 0.3) is 0 Å². The molecule has 0 heterocycles. The third-order valence-corrected chi connectivity index (χ3v) is 5.74. The van der Waals surface area contributed by atoms with Gasteiger partial charge in [-0.05, 0) is 0 Å². The molecule has 0 aliphatic heterocycles. The Morgan fingerprint density at radius 1 is 0.319 bits per heavy atom. The summed E-state index contributed by atoms with van der Waals surface area (Å²) in [5.41, 5.74) is 0. The van der Waals surface area contributed by atoms with E-state index in [1.54, 1.807) is 0 Å². The van der Waals surface area contributed by atoms with Crippen LogP contribution in [0.4, 0.5) is 114 Å². The van der Waals surface area contributed by atoms with Crippen LogP contribution >= 0.6 is 0 Å². The summed E-state index contributed by atoms with van der Waals surface area (Å²) >= 11 is 0. The number of hydrogen-bond donors (Lipinski definition) is 3. The van der Waals surface area contributed by atoms with Crippen LogP contribution in [0, 0.1) is 0 Å². The van der Waals surface area contributed by atoms with Gasteiger partial charge in [-0.1, -0.05) is 0 Å². The average molecular weight is 769 g/mol. The van der Waals surface area contributed by atoms with Crippen molar-refractivity contribution in [3.8, 4) is 0 Å². The van der Waals surface area contributed by atoms with Gasteiger partial charge in [-0.15, -0.1) is 0 Å². The van der Waals surface area contributed by atoms with Crippen LogP contribution in [-0.4, -0.2) is 107 Å². The number of hydrogen-bond acceptors (Lipinski definition) is 3. The first kappa shape index (κ1) is 45.1. The highest BCUT2D eigenvalue weighted by molar-refractivity contribution is 5.11. The number of aliphatic hydroxyl groups is 2. The molecule has 0 aliphatic carbocycles. The number of rotatable bonds is 16. The van der Waals surface area contributed by atoms with E-state index in [1.807, 2.05) is 0 Å². The fourth-order valence-electron chi connectivity index (χ4n) is 3.01. The minimum absolute atomic E-state index is 1.09. The van der Waals surface area contributed by atoms with Crippen molar-refractivity contribution in [3.05, 3.63) is 0 Å². The van der Waals surface area contributed by atoms with Crippen LogP contribution in [0.25, 0.3) is 0 Å². The topological polar surface area (TPSA) is 52.5 Å². The fourth-order valence-corrected chi connectivity index (χ4v) is 3.01. The first-order valence-corrected chi connectivity index (χ1v) is 11.0. The highest BCUT2D eigenvalue weighted by Crippen LogP contribution is 2.62. The van der Waals surface area contributed by atoms with E-state index in [4.69, 9.17) is 0 Å². The van der Waals surface area contributed by atoms with E-state index < -0.39 is 110 Å². The quantitative estimate of drug-likeness (QED) is 0.142. The molecule has 47 heavy (non-hydrogen) atoms. The van der Waals surface area contributed by atoms with Gasteiger partial charge in [0.05, 0.1) is 12.2 Å². The summed E-state index contributed by atoms with van der Waals surface area (Å²) in [6.07, 6.45) is -29.1. The van der Waals surface area contributed by atoms with Gasteiger partial charge in [0.15, 0.2) is 0 Å². The molecule has 0 amide bonds. The molecule has 0 aromatic heterocycles. The zero-order valence-electron chi connectivity index (χ0n) is 21.2. The van der Waals surface area contributed by atoms with Gasteiger partial charge in [-0.3, -0.25) is 0 Å². The fraction of sp³-hybridized carbons (Fsp3) is 1.00. The van der Waals surface area contributed by atoms with Crippen molar-refractivity contribution in [2.75, 3.05) is 13.1 Å². The number of alkyl halides is 26. The number of aliphatic hydroxyl groups excluding tert-OH is 2. The largest absolute Gasteiger partial charge is 0.460 e. The van der Waals surface area contributed by atoms with E-state index in [2.05, 4.69) is 0 Å². The van der Waals surface area contributed by atoms with E-state index in [1.165, 1.54) is 0 Å². The molecule has 0 rings (SSSR count). The van der Waals surface area contributed by atoms with Crippen LogP contribution in [0.3, 0.4) is 0 Å². The number of halogens is 26. The van der Waals surface area contributed by atoms with Gasteiger partial charge in [0.1, 0.15) is 0 Å². The summed E-state index contributed by atoms with van der Waals surface area (Å²) in [5.74, 6) is -79.0. The van der Waals surface area contributed by atoms with Crippen molar-refractivity contribution < 1.29 is 124 Å². The summed E-state index contributed by atoms with van der Waals surface area (Å²) < 4.78 is 339. The molecular weight excluding hydrogens is 756 g/mol. The Morgan fingerprint density at radius 2 is 0.511 bits per heavy atom. The molecule has 29 heteroatoms. The Bertz CT molecular complexity index is 979. The van der Waals surface area contributed by atoms with Gasteiger partial charge < -0.3 is 15.5 Å². The van der Waals surface area contributed by atoms with Crippen LogP contribution in [0.1, 0.15) is 12.8 Å². The standard InChI is InChI=1S/C18H13F26NO2/c19-7(20,9(23,24)11(27,28)13(31,32)15(35,36)17(39,40)41)1-5(46)3-45-4-6(47)2-8(21,22)10(25,26)12(29,30)14(33,34)16(37,38)18(42,43)44/h5-6,45-47H,1-4H2. The van der Waals surface area contributed by atoms with E-state index >= 15 is 0 Å². The maximum Gasteiger partial charge on any atom is 0.460 e. The van der Waals surface area contributed by atoms with Crippen LogP contribution in [0.5, 0.6) is 0 Å². The normalized spacial score (nSPS) is 17.6. The lowest BCUT2D eigenvalue weighted by atomic mass is 9.91. The smallest absolute Gasteiger partial charge is 0.392 e. The molecule has 0 spiro atoms. The second-order valence-corrected chi connectivity index (χ2v) is 9.37. The average Bonchev–Trinajstić information content (AvgIpc) is 2.80. The Labute approximate surface area is 240 Å². The molecule has 0 fully saturated rings. The lowest BCUT2D eigenvalue weighted by molar-refractivity contribution is -0.440. The Morgan fingerprint density at radius 3 is 0.702 bits per heavy atom. The van der Waals surface area contributed by atoms with E-state index in [-0.39, 0.29) is 0 Å².